The van der Waals surface area contributed by atoms with Crippen LogP contribution in [0.2, 0.25) is 0 Å². The van der Waals surface area contributed by atoms with E-state index in [-0.39, 0.29) is 18.4 Å². The molecule has 0 bridgehead atoms. The van der Waals surface area contributed by atoms with Crippen molar-refractivity contribution in [2.45, 2.75) is 12.5 Å². The smallest absolute Gasteiger partial charge is 0.305 e. The van der Waals surface area contributed by atoms with Crippen molar-refractivity contribution in [2.75, 3.05) is 30.4 Å². The van der Waals surface area contributed by atoms with Crippen molar-refractivity contribution in [3.05, 3.63) is 23.8 Å². The minimum atomic E-state index is -0.867. The van der Waals surface area contributed by atoms with Gasteiger partial charge in [0.1, 0.15) is 0 Å². The van der Waals surface area contributed by atoms with Gasteiger partial charge >= 0.3 is 5.97 Å². The fourth-order valence-corrected chi connectivity index (χ4v) is 3.77. The Hall–Kier alpha value is -2.85. The van der Waals surface area contributed by atoms with Crippen molar-refractivity contribution in [3.63, 3.8) is 0 Å². The van der Waals surface area contributed by atoms with Gasteiger partial charge in [-0.2, -0.15) is 0 Å². The number of carbonyl (C=O) groups is 1. The van der Waals surface area contributed by atoms with Gasteiger partial charge in [0.15, 0.2) is 11.6 Å². The highest BCUT2D eigenvalue weighted by Crippen LogP contribution is 2.33. The molecule has 0 spiro atoms. The number of aromatic nitrogens is 4. The van der Waals surface area contributed by atoms with Crippen molar-refractivity contribution in [1.29, 1.82) is 0 Å². The summed E-state index contributed by atoms with van der Waals surface area (Å²) >= 11 is 1.53. The summed E-state index contributed by atoms with van der Waals surface area (Å²) in [7, 11) is 0. The van der Waals surface area contributed by atoms with Gasteiger partial charge in [-0.3, -0.25) is 4.79 Å². The number of hydrogen-bond donors (Lipinski definition) is 2. The van der Waals surface area contributed by atoms with Crippen LogP contribution in [0.3, 0.4) is 0 Å². The highest BCUT2D eigenvalue weighted by atomic mass is 32.1. The van der Waals surface area contributed by atoms with Crippen LogP contribution in [0, 0.1) is 0 Å². The van der Waals surface area contributed by atoms with Gasteiger partial charge in [-0.1, -0.05) is 0 Å². The number of thiophene rings is 1. The molecule has 26 heavy (non-hydrogen) atoms. The van der Waals surface area contributed by atoms with E-state index in [4.69, 9.17) is 15.5 Å². The van der Waals surface area contributed by atoms with Crippen molar-refractivity contribution in [1.82, 2.24) is 19.9 Å². The molecular weight excluding hydrogens is 356 g/mol. The molecule has 3 aromatic heterocycles. The molecule has 3 aromatic rings. The fourth-order valence-electron chi connectivity index (χ4n) is 2.93. The van der Waals surface area contributed by atoms with Crippen LogP contribution in [0.25, 0.3) is 21.6 Å². The van der Waals surface area contributed by atoms with Crippen LogP contribution in [0.1, 0.15) is 6.42 Å². The molecule has 4 heterocycles. The Morgan fingerprint density at radius 3 is 2.96 bits per heavy atom. The number of hydrogen-bond acceptors (Lipinski definition) is 9. The van der Waals surface area contributed by atoms with E-state index in [0.717, 1.165) is 10.2 Å². The van der Waals surface area contributed by atoms with Gasteiger partial charge in [0.05, 0.1) is 41.5 Å². The Morgan fingerprint density at radius 2 is 2.19 bits per heavy atom. The predicted molar refractivity (Wildman–Crippen MR) is 97.1 cm³/mol. The lowest BCUT2D eigenvalue weighted by atomic mass is 10.1. The molecule has 9 nitrogen and oxygen atoms in total. The highest BCUT2D eigenvalue weighted by molar-refractivity contribution is 7.17. The van der Waals surface area contributed by atoms with Crippen molar-refractivity contribution < 1.29 is 14.6 Å². The van der Waals surface area contributed by atoms with Gasteiger partial charge in [0.25, 0.3) is 0 Å². The summed E-state index contributed by atoms with van der Waals surface area (Å²) in [5.74, 6) is 0.507. The van der Waals surface area contributed by atoms with Gasteiger partial charge in [-0.25, -0.2) is 19.9 Å². The first-order chi connectivity index (χ1) is 12.6. The number of rotatable bonds is 4. The van der Waals surface area contributed by atoms with E-state index in [9.17, 15) is 9.90 Å². The first-order valence-corrected chi connectivity index (χ1v) is 8.89. The largest absolute Gasteiger partial charge is 0.481 e. The third-order valence-corrected chi connectivity index (χ3v) is 5.03. The molecule has 4 rings (SSSR count). The van der Waals surface area contributed by atoms with Crippen LogP contribution in [0.15, 0.2) is 23.8 Å². The quantitative estimate of drug-likeness (QED) is 0.698. The minimum Gasteiger partial charge on any atom is -0.481 e. The van der Waals surface area contributed by atoms with E-state index in [1.165, 1.54) is 11.3 Å². The summed E-state index contributed by atoms with van der Waals surface area (Å²) in [5, 5.41) is 11.2. The molecule has 10 heteroatoms. The number of aliphatic carboxylic acids is 1. The number of anilines is 2. The van der Waals surface area contributed by atoms with E-state index < -0.39 is 5.97 Å². The van der Waals surface area contributed by atoms with Crippen molar-refractivity contribution in [2.24, 2.45) is 0 Å². The third-order valence-electron chi connectivity index (χ3n) is 4.13. The number of ether oxygens (including phenoxy) is 1. The van der Waals surface area contributed by atoms with Crippen LogP contribution in [0.4, 0.5) is 11.8 Å². The molecule has 0 amide bonds. The summed E-state index contributed by atoms with van der Waals surface area (Å²) in [4.78, 5) is 30.5. The zero-order chi connectivity index (χ0) is 18.1. The minimum absolute atomic E-state index is 0.0167. The predicted octanol–water partition coefficient (Wildman–Crippen LogP) is 1.41. The summed E-state index contributed by atoms with van der Waals surface area (Å²) in [5.41, 5.74) is 7.00. The number of carboxylic acid groups (broad SMARTS) is 1. The SMILES string of the molecule is Nc1ncc(-c2nc(N3CCOCC3CC(=O)O)c3sccc3n2)cn1. The maximum absolute atomic E-state index is 11.2. The van der Waals surface area contributed by atoms with Crippen LogP contribution >= 0.6 is 11.3 Å². The van der Waals surface area contributed by atoms with Gasteiger partial charge in [0.2, 0.25) is 5.95 Å². The number of nitrogens with zero attached hydrogens (tertiary/aromatic N) is 5. The number of carboxylic acids is 1. The number of nitrogens with two attached hydrogens (primary N) is 1. The number of morpholine rings is 1. The van der Waals surface area contributed by atoms with E-state index >= 15 is 0 Å². The highest BCUT2D eigenvalue weighted by Gasteiger charge is 2.29. The molecule has 1 unspecified atom stereocenters. The average molecular weight is 372 g/mol. The van der Waals surface area contributed by atoms with Gasteiger partial charge in [-0.15, -0.1) is 11.3 Å². The monoisotopic (exact) mass is 372 g/mol. The summed E-state index contributed by atoms with van der Waals surface area (Å²) in [6.45, 7) is 1.44. The zero-order valence-corrected chi connectivity index (χ0v) is 14.5. The van der Waals surface area contributed by atoms with Gasteiger partial charge in [-0.05, 0) is 11.4 Å². The summed E-state index contributed by atoms with van der Waals surface area (Å²) in [6, 6.07) is 1.64. The Morgan fingerprint density at radius 1 is 1.38 bits per heavy atom. The van der Waals surface area contributed by atoms with Gasteiger partial charge < -0.3 is 20.5 Å². The van der Waals surface area contributed by atoms with Crippen LogP contribution in [0.5, 0.6) is 0 Å². The first kappa shape index (κ1) is 16.6. The third kappa shape index (κ3) is 3.16. The van der Waals surface area contributed by atoms with Crippen molar-refractivity contribution in [3.8, 4) is 11.4 Å². The lowest BCUT2D eigenvalue weighted by Crippen LogP contribution is -2.47. The molecular formula is C16H16N6O3S. The van der Waals surface area contributed by atoms with Crippen LogP contribution in [-0.4, -0.2) is 56.8 Å². The number of nitrogen functional groups attached to an aromatic ring is 1. The van der Waals surface area contributed by atoms with Crippen LogP contribution in [-0.2, 0) is 9.53 Å². The first-order valence-electron chi connectivity index (χ1n) is 8.01. The molecule has 1 saturated heterocycles. The second-order valence-electron chi connectivity index (χ2n) is 5.86. The lowest BCUT2D eigenvalue weighted by Gasteiger charge is -2.36. The standard InChI is InChI=1S/C16H16N6O3S/c17-16-18-6-9(7-19-16)14-20-11-1-4-26-13(11)15(21-14)22-2-3-25-8-10(22)5-12(23)24/h1,4,6-7,10H,2-3,5,8H2,(H,23,24)(H2,17,18,19). The normalized spacial score (nSPS) is 17.5. The molecule has 1 fully saturated rings. The second-order valence-corrected chi connectivity index (χ2v) is 6.77. The molecule has 0 radical (unpaired) electrons. The Kier molecular flexibility index (Phi) is 4.35. The molecule has 134 valence electrons. The molecule has 0 aromatic carbocycles. The molecule has 3 N–H and O–H groups in total. The zero-order valence-electron chi connectivity index (χ0n) is 13.7. The molecule has 1 atom stereocenters. The average Bonchev–Trinajstić information content (AvgIpc) is 3.10. The maximum Gasteiger partial charge on any atom is 0.305 e. The molecule has 0 saturated carbocycles. The second kappa shape index (κ2) is 6.81. The summed E-state index contributed by atoms with van der Waals surface area (Å²) < 4.78 is 6.40. The Balaban J connectivity index is 1.81. The van der Waals surface area contributed by atoms with Gasteiger partial charge in [0, 0.05) is 18.9 Å². The molecule has 1 aliphatic heterocycles. The fraction of sp³-hybridized carbons (Fsp3) is 0.312. The Labute approximate surface area is 152 Å². The van der Waals surface area contributed by atoms with E-state index in [1.807, 2.05) is 16.3 Å². The maximum atomic E-state index is 11.2. The summed E-state index contributed by atoms with van der Waals surface area (Å²) in [6.07, 6.45) is 3.14. The molecule has 0 aliphatic carbocycles. The Bertz CT molecular complexity index is 945. The number of fused-ring (bicyclic) bond motifs is 1. The van der Waals surface area contributed by atoms with E-state index in [0.29, 0.717) is 37.0 Å². The topological polar surface area (TPSA) is 127 Å². The van der Waals surface area contributed by atoms with E-state index in [2.05, 4.69) is 15.0 Å². The van der Waals surface area contributed by atoms with E-state index in [1.54, 1.807) is 12.4 Å². The van der Waals surface area contributed by atoms with Crippen molar-refractivity contribution >= 4 is 39.3 Å². The lowest BCUT2D eigenvalue weighted by molar-refractivity contribution is -0.138. The molecule has 1 aliphatic rings. The van der Waals surface area contributed by atoms with Crippen LogP contribution < -0.4 is 10.6 Å².